The molecule has 0 radical (unpaired) electrons. The van der Waals surface area contributed by atoms with Crippen molar-refractivity contribution in [2.75, 3.05) is 65.6 Å². The molecule has 0 aliphatic rings. The van der Waals surface area contributed by atoms with Gasteiger partial charge in [-0.3, -0.25) is 15.0 Å². The minimum absolute atomic E-state index is 0.143. The van der Waals surface area contributed by atoms with Gasteiger partial charge in [-0.05, 0) is 86.6 Å². The van der Waals surface area contributed by atoms with Gasteiger partial charge < -0.3 is 38.3 Å². The normalized spacial score (nSPS) is 10.4. The van der Waals surface area contributed by atoms with Crippen molar-refractivity contribution < 1.29 is 38.1 Å². The Hall–Kier alpha value is -6.59. The van der Waals surface area contributed by atoms with E-state index in [4.69, 9.17) is 61.3 Å². The molecule has 9 rings (SSSR count). The highest BCUT2D eigenvalue weighted by Crippen LogP contribution is 2.36. The maximum absolute atomic E-state index is 12.8. The SMILES string of the molecule is CN(C)C(=N)N(C)C.COC(=O)C(=O)c1c[nH]c2c(-n3cnc(C)n3)ncc(OC)c12.COC(=O)C(=O)c1cn(CSc2ccc(Cl)cc2)c2c(-n3cnc(C)n3)ncc(OC)c12.ClCSc1ccc(Cl)cc1.Clc1ccc(SCI)cc1. The van der Waals surface area contributed by atoms with E-state index in [1.165, 1.54) is 71.5 Å². The minimum Gasteiger partial charge on any atom is -0.494 e. The summed E-state index contributed by atoms with van der Waals surface area (Å²) in [4.78, 5) is 75.4. The van der Waals surface area contributed by atoms with E-state index in [9.17, 15) is 19.2 Å². The second-order valence-corrected chi connectivity index (χ2v) is 23.7. The first-order valence-corrected chi connectivity index (χ1v) is 30.2. The summed E-state index contributed by atoms with van der Waals surface area (Å²) in [6.07, 6.45) is 9.00. The molecule has 6 heterocycles. The zero-order valence-electron chi connectivity index (χ0n) is 46.3. The molecule has 0 fully saturated rings. The van der Waals surface area contributed by atoms with E-state index in [0.29, 0.717) is 78.7 Å². The second-order valence-electron chi connectivity index (χ2n) is 16.9. The predicted molar refractivity (Wildman–Crippen MR) is 338 cm³/mol. The Bertz CT molecular complexity index is 3580. The number of alkyl halides is 2. The topological polar surface area (TPSA) is 243 Å². The number of aryl methyl sites for hydroxylation is 2. The van der Waals surface area contributed by atoms with Crippen molar-refractivity contribution in [3.63, 3.8) is 0 Å². The van der Waals surface area contributed by atoms with Gasteiger partial charge >= 0.3 is 11.9 Å². The van der Waals surface area contributed by atoms with Crippen LogP contribution in [-0.2, 0) is 24.9 Å². The van der Waals surface area contributed by atoms with E-state index in [0.717, 1.165) is 37.8 Å². The summed E-state index contributed by atoms with van der Waals surface area (Å²) < 4.78 is 25.8. The highest BCUT2D eigenvalue weighted by molar-refractivity contribution is 14.1. The fourth-order valence-corrected chi connectivity index (χ4v) is 10.6. The number of aromatic amines is 1. The number of H-pyrrole nitrogens is 1. The van der Waals surface area contributed by atoms with Crippen LogP contribution in [0.2, 0.25) is 15.1 Å². The third-order valence-electron chi connectivity index (χ3n) is 10.9. The first kappa shape index (κ1) is 67.2. The van der Waals surface area contributed by atoms with E-state index in [2.05, 4.69) is 67.2 Å². The number of methoxy groups -OCH3 is 4. The van der Waals surface area contributed by atoms with Crippen LogP contribution in [0.15, 0.2) is 125 Å². The number of thioether (sulfide) groups is 3. The number of ether oxygens (including phenoxy) is 4. The Kier molecular flexibility index (Phi) is 26.8. The Morgan fingerprint density at radius 2 is 1.06 bits per heavy atom. The summed E-state index contributed by atoms with van der Waals surface area (Å²) in [6, 6.07) is 22.9. The molecular formula is C54H56Cl4IN13O8S3. The lowest BCUT2D eigenvalue weighted by Crippen LogP contribution is -2.34. The lowest BCUT2D eigenvalue weighted by atomic mass is 10.1. The summed E-state index contributed by atoms with van der Waals surface area (Å²) in [5, 5.41) is 19.5. The van der Waals surface area contributed by atoms with Crippen LogP contribution in [0.3, 0.4) is 0 Å². The smallest absolute Gasteiger partial charge is 0.379 e. The van der Waals surface area contributed by atoms with E-state index in [-0.39, 0.29) is 11.1 Å². The van der Waals surface area contributed by atoms with Crippen LogP contribution >= 0.6 is 104 Å². The molecule has 3 aromatic carbocycles. The van der Waals surface area contributed by atoms with E-state index >= 15 is 0 Å². The van der Waals surface area contributed by atoms with Gasteiger partial charge in [-0.25, -0.2) is 38.9 Å². The van der Waals surface area contributed by atoms with Gasteiger partial charge in [-0.1, -0.05) is 57.4 Å². The molecule has 6 aromatic heterocycles. The summed E-state index contributed by atoms with van der Waals surface area (Å²) in [5.74, 6) is 0.191. The van der Waals surface area contributed by atoms with Gasteiger partial charge in [0.1, 0.15) is 35.8 Å². The maximum atomic E-state index is 12.8. The van der Waals surface area contributed by atoms with Gasteiger partial charge in [0.05, 0.1) is 88.6 Å². The number of nitrogens with one attached hydrogen (secondary N) is 2. The van der Waals surface area contributed by atoms with Gasteiger partial charge in [0, 0.05) is 70.3 Å². The molecule has 0 unspecified atom stereocenters. The van der Waals surface area contributed by atoms with Crippen molar-refractivity contribution in [3.8, 4) is 23.1 Å². The monoisotopic (exact) mass is 1380 g/mol. The number of hydrogen-bond donors (Lipinski definition) is 2. The lowest BCUT2D eigenvalue weighted by molar-refractivity contribution is -0.135. The number of rotatable bonds is 15. The average molecular weight is 1380 g/mol. The zero-order chi connectivity index (χ0) is 60.9. The molecule has 0 saturated carbocycles. The Labute approximate surface area is 525 Å². The average Bonchev–Trinajstić information content (AvgIpc) is 4.48. The molecule has 0 bridgehead atoms. The van der Waals surface area contributed by atoms with E-state index in [1.807, 2.05) is 105 Å². The molecular weight excluding hydrogens is 1320 g/mol. The predicted octanol–water partition coefficient (Wildman–Crippen LogP) is 12.0. The molecule has 438 valence electrons. The van der Waals surface area contributed by atoms with Gasteiger partial charge in [-0.15, -0.1) is 46.9 Å². The number of carbonyl (C=O) groups is 4. The van der Waals surface area contributed by atoms with Gasteiger partial charge in [0.15, 0.2) is 17.6 Å². The number of halogens is 5. The molecule has 9 aromatic rings. The van der Waals surface area contributed by atoms with Crippen LogP contribution in [0.25, 0.3) is 33.4 Å². The molecule has 0 aliphatic carbocycles. The van der Waals surface area contributed by atoms with Crippen LogP contribution in [0.5, 0.6) is 11.5 Å². The van der Waals surface area contributed by atoms with Crippen molar-refractivity contribution in [1.29, 1.82) is 5.41 Å². The zero-order valence-corrected chi connectivity index (χ0v) is 53.9. The Morgan fingerprint density at radius 1 is 0.627 bits per heavy atom. The van der Waals surface area contributed by atoms with Crippen molar-refractivity contribution in [1.82, 2.24) is 58.8 Å². The summed E-state index contributed by atoms with van der Waals surface area (Å²) in [6.45, 7) is 3.51. The molecule has 83 heavy (non-hydrogen) atoms. The lowest BCUT2D eigenvalue weighted by Gasteiger charge is -2.19. The fourth-order valence-electron chi connectivity index (χ4n) is 7.06. The number of esters is 2. The minimum atomic E-state index is -0.966. The summed E-state index contributed by atoms with van der Waals surface area (Å²) >= 11 is 30.1. The van der Waals surface area contributed by atoms with Crippen molar-refractivity contribution in [3.05, 3.63) is 148 Å². The number of nitrogens with zero attached hydrogens (tertiary/aromatic N) is 11. The molecule has 29 heteroatoms. The largest absolute Gasteiger partial charge is 0.494 e. The molecule has 0 aliphatic heterocycles. The number of carbonyl (C=O) groups excluding carboxylic acids is 4. The number of pyridine rings is 2. The quantitative estimate of drug-likeness (QED) is 0.0142. The number of hydrogen-bond acceptors (Lipinski definition) is 18. The van der Waals surface area contributed by atoms with Crippen molar-refractivity contribution >= 4 is 156 Å². The summed E-state index contributed by atoms with van der Waals surface area (Å²) in [5.41, 5.74) is 1.37. The van der Waals surface area contributed by atoms with Crippen LogP contribution in [0, 0.1) is 19.3 Å². The number of benzene rings is 3. The van der Waals surface area contributed by atoms with Crippen LogP contribution in [0.4, 0.5) is 0 Å². The van der Waals surface area contributed by atoms with Crippen molar-refractivity contribution in [2.24, 2.45) is 0 Å². The highest BCUT2D eigenvalue weighted by Gasteiger charge is 2.28. The first-order chi connectivity index (χ1) is 39.7. The van der Waals surface area contributed by atoms with Crippen LogP contribution in [0.1, 0.15) is 32.4 Å². The Morgan fingerprint density at radius 3 is 1.47 bits per heavy atom. The van der Waals surface area contributed by atoms with Gasteiger partial charge in [0.25, 0.3) is 11.6 Å². The maximum Gasteiger partial charge on any atom is 0.379 e. The summed E-state index contributed by atoms with van der Waals surface area (Å²) in [7, 11) is 12.6. The molecule has 0 saturated heterocycles. The Balaban J connectivity index is 0.000000213. The van der Waals surface area contributed by atoms with E-state index < -0.39 is 23.5 Å². The molecule has 0 atom stereocenters. The number of aromatic nitrogens is 10. The molecule has 0 spiro atoms. The number of ketones is 2. The highest BCUT2D eigenvalue weighted by atomic mass is 127. The second kappa shape index (κ2) is 33.0. The third kappa shape index (κ3) is 18.7. The first-order valence-electron chi connectivity index (χ1n) is 24.0. The molecule has 0 amide bonds. The number of fused-ring (bicyclic) bond motifs is 2. The third-order valence-corrected chi connectivity index (χ3v) is 15.4. The van der Waals surface area contributed by atoms with E-state index in [1.54, 1.807) is 53.7 Å². The van der Waals surface area contributed by atoms with Crippen LogP contribution in [-0.4, -0.2) is 154 Å². The van der Waals surface area contributed by atoms with Crippen molar-refractivity contribution in [2.45, 2.75) is 34.4 Å². The fraction of sp³-hybridized carbons (Fsp3) is 0.241. The van der Waals surface area contributed by atoms with Gasteiger partial charge in [0.2, 0.25) is 0 Å². The number of guanidine groups is 1. The van der Waals surface area contributed by atoms with Gasteiger partial charge in [-0.2, -0.15) is 10.2 Å². The molecule has 2 N–H and O–H groups in total. The van der Waals surface area contributed by atoms with Crippen LogP contribution < -0.4 is 9.47 Å². The number of Topliss-reactive ketones (excluding diaryl/α,β-unsaturated/α-hetero) is 2. The molecule has 21 nitrogen and oxygen atoms in total. The standard InChI is InChI=1S/C21H18ClN5O4S.C14H13N5O4.C7H6Cl2S.C7H6ClIS.C5H13N3/c1-12-24-10-27(25-12)20-18-17(16(30-2)8-23-20)15(19(28)21(29)31-3)9-26(18)11-32-14-6-4-13(22)5-7-14;1-7-17-6-19(18-7)13-11-10(9(22-2)5-16-13)8(4-15-11)12(20)14(21)23-3;8-5-10-7-3-1-6(9)2-4-7;8-6-1-3-7(4-2-6)10-5-9;1-7(2)5(6)8(3)4/h4-10H,11H2,1-3H3;4-6,15H,1-3H3;2*1-4H,5H2;6H,1-4H3.